The van der Waals surface area contributed by atoms with Gasteiger partial charge in [0, 0.05) is 12.2 Å². The van der Waals surface area contributed by atoms with Gasteiger partial charge < -0.3 is 20.6 Å². The van der Waals surface area contributed by atoms with Crippen LogP contribution in [0.15, 0.2) is 15.7 Å². The molecule has 6 nitrogen and oxygen atoms in total. The summed E-state index contributed by atoms with van der Waals surface area (Å²) in [6.07, 6.45) is 2.24. The van der Waals surface area contributed by atoms with E-state index < -0.39 is 11.1 Å². The van der Waals surface area contributed by atoms with E-state index in [2.05, 4.69) is 21.8 Å². The Morgan fingerprint density at radius 1 is 1.24 bits per heavy atom. The second-order valence-corrected chi connectivity index (χ2v) is 5.49. The fraction of sp³-hybridized carbons (Fsp3) is 0.467. The number of rotatable bonds is 5. The first-order chi connectivity index (χ1) is 9.93. The lowest BCUT2D eigenvalue weighted by atomic mass is 10.0. The Balaban J connectivity index is 2.54. The summed E-state index contributed by atoms with van der Waals surface area (Å²) in [5, 5.41) is 0. The molecule has 1 heterocycles. The maximum absolute atomic E-state index is 11.6. The molecule has 0 aliphatic carbocycles. The molecule has 21 heavy (non-hydrogen) atoms. The van der Waals surface area contributed by atoms with Gasteiger partial charge in [-0.15, -0.1) is 0 Å². The van der Waals surface area contributed by atoms with Crippen LogP contribution in [0.3, 0.4) is 0 Å². The van der Waals surface area contributed by atoms with E-state index in [0.29, 0.717) is 23.3 Å². The van der Waals surface area contributed by atoms with Crippen molar-refractivity contribution in [3.05, 3.63) is 37.9 Å². The molecule has 0 amide bonds. The molecular weight excluding hydrogens is 268 g/mol. The largest absolute Gasteiger partial charge is 0.398 e. The van der Waals surface area contributed by atoms with Crippen molar-refractivity contribution in [2.24, 2.45) is 0 Å². The van der Waals surface area contributed by atoms with Gasteiger partial charge in [-0.25, -0.2) is 0 Å². The maximum Gasteiger partial charge on any atom is 0.314 e. The Morgan fingerprint density at radius 2 is 1.90 bits per heavy atom. The number of fused-ring (bicyclic) bond motifs is 1. The van der Waals surface area contributed by atoms with Crippen molar-refractivity contribution in [1.82, 2.24) is 14.9 Å². The minimum absolute atomic E-state index is 0.571. The predicted octanol–water partition coefficient (Wildman–Crippen LogP) is 1.34. The van der Waals surface area contributed by atoms with Gasteiger partial charge >= 0.3 is 11.1 Å². The molecule has 0 unspecified atom stereocenters. The third kappa shape index (κ3) is 3.16. The van der Waals surface area contributed by atoms with Crippen molar-refractivity contribution >= 4 is 16.7 Å². The van der Waals surface area contributed by atoms with Gasteiger partial charge in [-0.05, 0) is 44.1 Å². The monoisotopic (exact) mass is 290 g/mol. The lowest BCUT2D eigenvalue weighted by Gasteiger charge is -2.20. The van der Waals surface area contributed by atoms with Crippen LogP contribution in [0.4, 0.5) is 5.69 Å². The zero-order valence-electron chi connectivity index (χ0n) is 12.7. The highest BCUT2D eigenvalue weighted by Gasteiger charge is 2.13. The van der Waals surface area contributed by atoms with E-state index in [9.17, 15) is 9.59 Å². The van der Waals surface area contributed by atoms with Gasteiger partial charge in [0.1, 0.15) is 0 Å². The standard InChI is InChI=1S/C15H22N4O2/c1-4-5-6-19(3)8-10-9(2)11(16)7-12-13(10)18-15(21)14(20)17-12/h7H,4-6,8,16H2,1-3H3,(H,17,20)(H,18,21). The summed E-state index contributed by atoms with van der Waals surface area (Å²) in [6.45, 7) is 5.73. The zero-order chi connectivity index (χ0) is 15.6. The van der Waals surface area contributed by atoms with Gasteiger partial charge in [0.2, 0.25) is 0 Å². The first-order valence-electron chi connectivity index (χ1n) is 7.16. The van der Waals surface area contributed by atoms with Gasteiger partial charge in [0.05, 0.1) is 11.0 Å². The van der Waals surface area contributed by atoms with Crippen LogP contribution in [0, 0.1) is 6.92 Å². The zero-order valence-corrected chi connectivity index (χ0v) is 12.7. The lowest BCUT2D eigenvalue weighted by molar-refractivity contribution is 0.321. The summed E-state index contributed by atoms with van der Waals surface area (Å²) in [7, 11) is 2.04. The third-order valence-corrected chi connectivity index (χ3v) is 3.77. The number of benzene rings is 1. The van der Waals surface area contributed by atoms with Crippen molar-refractivity contribution in [1.29, 1.82) is 0 Å². The highest BCUT2D eigenvalue weighted by atomic mass is 16.2. The smallest absolute Gasteiger partial charge is 0.314 e. The minimum atomic E-state index is -0.656. The van der Waals surface area contributed by atoms with Gasteiger partial charge in [0.15, 0.2) is 0 Å². The predicted molar refractivity (Wildman–Crippen MR) is 85.6 cm³/mol. The number of unbranched alkanes of at least 4 members (excludes halogenated alkanes) is 1. The molecule has 2 aromatic rings. The Kier molecular flexibility index (Phi) is 4.47. The molecule has 2 rings (SSSR count). The molecule has 0 atom stereocenters. The Morgan fingerprint density at radius 3 is 2.57 bits per heavy atom. The maximum atomic E-state index is 11.6. The van der Waals surface area contributed by atoms with Crippen LogP contribution in [0.5, 0.6) is 0 Å². The number of hydrogen-bond donors (Lipinski definition) is 3. The normalized spacial score (nSPS) is 11.4. The average molecular weight is 290 g/mol. The number of nitrogens with one attached hydrogen (secondary N) is 2. The number of nitrogens with zero attached hydrogens (tertiary/aromatic N) is 1. The first kappa shape index (κ1) is 15.3. The average Bonchev–Trinajstić information content (AvgIpc) is 2.44. The van der Waals surface area contributed by atoms with Crippen LogP contribution in [0.1, 0.15) is 30.9 Å². The summed E-state index contributed by atoms with van der Waals surface area (Å²) in [5.74, 6) is 0. The van der Waals surface area contributed by atoms with Gasteiger partial charge in [-0.2, -0.15) is 0 Å². The summed E-state index contributed by atoms with van der Waals surface area (Å²) < 4.78 is 0. The molecule has 0 saturated heterocycles. The Labute approximate surface area is 123 Å². The van der Waals surface area contributed by atoms with E-state index in [1.54, 1.807) is 6.07 Å². The number of H-pyrrole nitrogens is 2. The SMILES string of the molecule is CCCCN(C)Cc1c(C)c(N)cc2[nH]c(=O)c(=O)[nH]c12. The van der Waals surface area contributed by atoms with E-state index in [-0.39, 0.29) is 0 Å². The van der Waals surface area contributed by atoms with Crippen molar-refractivity contribution in [3.63, 3.8) is 0 Å². The van der Waals surface area contributed by atoms with Crippen LogP contribution in [-0.4, -0.2) is 28.5 Å². The Hall–Kier alpha value is -2.08. The van der Waals surface area contributed by atoms with Crippen molar-refractivity contribution < 1.29 is 0 Å². The molecule has 6 heteroatoms. The summed E-state index contributed by atoms with van der Waals surface area (Å²) in [5.41, 5.74) is 8.47. The van der Waals surface area contributed by atoms with Crippen LogP contribution >= 0.6 is 0 Å². The van der Waals surface area contributed by atoms with E-state index >= 15 is 0 Å². The van der Waals surface area contributed by atoms with Crippen LogP contribution in [0.2, 0.25) is 0 Å². The number of hydrogen-bond acceptors (Lipinski definition) is 4. The van der Waals surface area contributed by atoms with Gasteiger partial charge in [0.25, 0.3) is 0 Å². The second kappa shape index (κ2) is 6.13. The minimum Gasteiger partial charge on any atom is -0.398 e. The van der Waals surface area contributed by atoms with E-state index in [1.165, 1.54) is 0 Å². The molecule has 4 N–H and O–H groups in total. The number of nitrogen functional groups attached to an aromatic ring is 1. The van der Waals surface area contributed by atoms with E-state index in [4.69, 9.17) is 5.73 Å². The fourth-order valence-corrected chi connectivity index (χ4v) is 2.43. The number of aromatic nitrogens is 2. The number of anilines is 1. The summed E-state index contributed by atoms with van der Waals surface area (Å²) >= 11 is 0. The van der Waals surface area contributed by atoms with E-state index in [0.717, 1.165) is 30.5 Å². The number of nitrogens with two attached hydrogens (primary N) is 1. The van der Waals surface area contributed by atoms with Gasteiger partial charge in [-0.1, -0.05) is 13.3 Å². The third-order valence-electron chi connectivity index (χ3n) is 3.77. The van der Waals surface area contributed by atoms with Crippen LogP contribution in [-0.2, 0) is 6.54 Å². The molecule has 0 saturated carbocycles. The van der Waals surface area contributed by atoms with Crippen molar-refractivity contribution in [2.75, 3.05) is 19.3 Å². The molecular formula is C15H22N4O2. The lowest BCUT2D eigenvalue weighted by Crippen LogP contribution is -2.30. The molecule has 0 fully saturated rings. The molecule has 114 valence electrons. The van der Waals surface area contributed by atoms with Crippen molar-refractivity contribution in [2.45, 2.75) is 33.2 Å². The molecule has 1 aromatic heterocycles. The highest BCUT2D eigenvalue weighted by Crippen LogP contribution is 2.24. The molecule has 0 aliphatic rings. The number of aromatic amines is 2. The molecule has 1 aromatic carbocycles. The fourth-order valence-electron chi connectivity index (χ4n) is 2.43. The quantitative estimate of drug-likeness (QED) is 0.572. The van der Waals surface area contributed by atoms with Crippen LogP contribution < -0.4 is 16.9 Å². The van der Waals surface area contributed by atoms with Gasteiger partial charge in [-0.3, -0.25) is 9.59 Å². The van der Waals surface area contributed by atoms with Crippen molar-refractivity contribution in [3.8, 4) is 0 Å². The molecule has 0 spiro atoms. The topological polar surface area (TPSA) is 95.0 Å². The molecule has 0 aliphatic heterocycles. The Bertz CT molecular complexity index is 761. The summed E-state index contributed by atoms with van der Waals surface area (Å²) in [6, 6.07) is 1.69. The highest BCUT2D eigenvalue weighted by molar-refractivity contribution is 5.83. The summed E-state index contributed by atoms with van der Waals surface area (Å²) in [4.78, 5) is 30.5. The first-order valence-corrected chi connectivity index (χ1v) is 7.16. The molecule has 0 bridgehead atoms. The second-order valence-electron chi connectivity index (χ2n) is 5.49. The molecule has 0 radical (unpaired) electrons. The van der Waals surface area contributed by atoms with Crippen LogP contribution in [0.25, 0.3) is 11.0 Å². The van der Waals surface area contributed by atoms with E-state index in [1.807, 2.05) is 14.0 Å².